The predicted octanol–water partition coefficient (Wildman–Crippen LogP) is 0.501. The largest absolute Gasteiger partial charge is 0.383 e. The summed E-state index contributed by atoms with van der Waals surface area (Å²) in [5.74, 6) is 0. The van der Waals surface area contributed by atoms with Gasteiger partial charge in [-0.1, -0.05) is 12.1 Å². The molecule has 0 radical (unpaired) electrons. The highest BCUT2D eigenvalue weighted by molar-refractivity contribution is 7.89. The lowest BCUT2D eigenvalue weighted by molar-refractivity contribution is 0.172. The van der Waals surface area contributed by atoms with Gasteiger partial charge in [-0.05, 0) is 37.6 Å². The van der Waals surface area contributed by atoms with E-state index in [1.165, 1.54) is 12.1 Å². The van der Waals surface area contributed by atoms with Crippen molar-refractivity contribution in [2.24, 2.45) is 5.14 Å². The van der Waals surface area contributed by atoms with Crippen molar-refractivity contribution in [3.8, 4) is 0 Å². The zero-order valence-electron chi connectivity index (χ0n) is 10.7. The standard InChI is InChI=1S/C12H20N2O3S/c1-10(9-17-2)14-8-7-11-3-5-12(6-4-11)18(13,15)16/h3-6,10,14H,7-9H2,1-2H3,(H2,13,15,16). The lowest BCUT2D eigenvalue weighted by Gasteiger charge is -2.12. The molecule has 0 aliphatic rings. The first-order chi connectivity index (χ1) is 8.43. The summed E-state index contributed by atoms with van der Waals surface area (Å²) in [7, 11) is -1.92. The summed E-state index contributed by atoms with van der Waals surface area (Å²) in [5, 5.41) is 8.33. The van der Waals surface area contributed by atoms with Crippen molar-refractivity contribution in [2.75, 3.05) is 20.3 Å². The minimum Gasteiger partial charge on any atom is -0.383 e. The molecule has 0 bridgehead atoms. The Kier molecular flexibility index (Phi) is 5.74. The molecule has 1 atom stereocenters. The van der Waals surface area contributed by atoms with Crippen LogP contribution >= 0.6 is 0 Å². The van der Waals surface area contributed by atoms with Gasteiger partial charge in [0.25, 0.3) is 0 Å². The van der Waals surface area contributed by atoms with E-state index < -0.39 is 10.0 Å². The fraction of sp³-hybridized carbons (Fsp3) is 0.500. The number of hydrogen-bond donors (Lipinski definition) is 2. The Labute approximate surface area is 108 Å². The summed E-state index contributed by atoms with van der Waals surface area (Å²) in [6, 6.07) is 6.93. The molecule has 0 aromatic heterocycles. The van der Waals surface area contributed by atoms with E-state index in [9.17, 15) is 8.42 Å². The Balaban J connectivity index is 2.45. The smallest absolute Gasteiger partial charge is 0.238 e. The molecular formula is C12H20N2O3S. The van der Waals surface area contributed by atoms with Crippen molar-refractivity contribution >= 4 is 10.0 Å². The van der Waals surface area contributed by atoms with Gasteiger partial charge < -0.3 is 10.1 Å². The second-order valence-corrected chi connectivity index (χ2v) is 5.81. The van der Waals surface area contributed by atoms with Crippen LogP contribution in [0, 0.1) is 0 Å². The molecule has 1 unspecified atom stereocenters. The van der Waals surface area contributed by atoms with Crippen molar-refractivity contribution in [1.29, 1.82) is 0 Å². The first-order valence-electron chi connectivity index (χ1n) is 5.77. The molecule has 5 nitrogen and oxygen atoms in total. The lowest BCUT2D eigenvalue weighted by Crippen LogP contribution is -2.31. The third-order valence-electron chi connectivity index (χ3n) is 2.58. The minimum absolute atomic E-state index is 0.145. The van der Waals surface area contributed by atoms with Crippen molar-refractivity contribution in [3.63, 3.8) is 0 Å². The number of primary sulfonamides is 1. The van der Waals surface area contributed by atoms with E-state index >= 15 is 0 Å². The Morgan fingerprint density at radius 1 is 1.33 bits per heavy atom. The van der Waals surface area contributed by atoms with E-state index in [1.807, 2.05) is 6.92 Å². The molecule has 0 aliphatic carbocycles. The lowest BCUT2D eigenvalue weighted by atomic mass is 10.1. The van der Waals surface area contributed by atoms with Crippen LogP contribution in [0.2, 0.25) is 0 Å². The number of nitrogens with one attached hydrogen (secondary N) is 1. The monoisotopic (exact) mass is 272 g/mol. The van der Waals surface area contributed by atoms with Crippen LogP contribution < -0.4 is 10.5 Å². The molecule has 1 aromatic carbocycles. The Morgan fingerprint density at radius 2 is 1.94 bits per heavy atom. The molecule has 0 amide bonds. The maximum absolute atomic E-state index is 11.1. The van der Waals surface area contributed by atoms with E-state index in [4.69, 9.17) is 9.88 Å². The van der Waals surface area contributed by atoms with Crippen LogP contribution in [0.25, 0.3) is 0 Å². The van der Waals surface area contributed by atoms with E-state index in [1.54, 1.807) is 19.2 Å². The molecule has 0 saturated heterocycles. The van der Waals surface area contributed by atoms with Gasteiger partial charge in [-0.15, -0.1) is 0 Å². The number of benzene rings is 1. The van der Waals surface area contributed by atoms with E-state index in [2.05, 4.69) is 5.32 Å². The molecule has 1 rings (SSSR count). The van der Waals surface area contributed by atoms with Gasteiger partial charge in [0.2, 0.25) is 10.0 Å². The van der Waals surface area contributed by atoms with E-state index in [-0.39, 0.29) is 4.90 Å². The average molecular weight is 272 g/mol. The predicted molar refractivity (Wildman–Crippen MR) is 70.9 cm³/mol. The van der Waals surface area contributed by atoms with Crippen molar-refractivity contribution < 1.29 is 13.2 Å². The van der Waals surface area contributed by atoms with Gasteiger partial charge in [0.05, 0.1) is 11.5 Å². The molecule has 102 valence electrons. The third kappa shape index (κ3) is 5.14. The Bertz CT molecular complexity index is 457. The van der Waals surface area contributed by atoms with Crippen LogP contribution in [0.15, 0.2) is 29.2 Å². The second kappa shape index (κ2) is 6.84. The molecule has 0 spiro atoms. The zero-order valence-corrected chi connectivity index (χ0v) is 11.5. The van der Waals surface area contributed by atoms with Crippen LogP contribution in [0.3, 0.4) is 0 Å². The topological polar surface area (TPSA) is 81.4 Å². The van der Waals surface area contributed by atoms with Gasteiger partial charge in [0, 0.05) is 13.2 Å². The summed E-state index contributed by atoms with van der Waals surface area (Å²) < 4.78 is 27.2. The first kappa shape index (κ1) is 15.1. The first-order valence-corrected chi connectivity index (χ1v) is 7.32. The van der Waals surface area contributed by atoms with Gasteiger partial charge in [0.1, 0.15) is 0 Å². The summed E-state index contributed by atoms with van der Waals surface area (Å²) >= 11 is 0. The number of methoxy groups -OCH3 is 1. The highest BCUT2D eigenvalue weighted by atomic mass is 32.2. The van der Waals surface area contributed by atoms with Crippen molar-refractivity contribution in [3.05, 3.63) is 29.8 Å². The average Bonchev–Trinajstić information content (AvgIpc) is 2.29. The fourth-order valence-corrected chi connectivity index (χ4v) is 2.13. The normalized spacial score (nSPS) is 13.5. The quantitative estimate of drug-likeness (QED) is 0.757. The molecule has 0 aliphatic heterocycles. The second-order valence-electron chi connectivity index (χ2n) is 4.25. The van der Waals surface area contributed by atoms with Crippen LogP contribution in [0.5, 0.6) is 0 Å². The number of hydrogen-bond acceptors (Lipinski definition) is 4. The van der Waals surface area contributed by atoms with Gasteiger partial charge in [0.15, 0.2) is 0 Å². The van der Waals surface area contributed by atoms with Crippen LogP contribution in [0.1, 0.15) is 12.5 Å². The number of sulfonamides is 1. The third-order valence-corrected chi connectivity index (χ3v) is 3.50. The van der Waals surface area contributed by atoms with Gasteiger partial charge >= 0.3 is 0 Å². The van der Waals surface area contributed by atoms with Gasteiger partial charge in [-0.2, -0.15) is 0 Å². The summed E-state index contributed by atoms with van der Waals surface area (Å²) in [5.41, 5.74) is 1.07. The molecule has 0 fully saturated rings. The van der Waals surface area contributed by atoms with E-state index in [0.717, 1.165) is 18.5 Å². The molecule has 1 aromatic rings. The molecule has 0 saturated carbocycles. The van der Waals surface area contributed by atoms with Crippen molar-refractivity contribution in [2.45, 2.75) is 24.3 Å². The molecule has 6 heteroatoms. The molecule has 3 N–H and O–H groups in total. The maximum atomic E-state index is 11.1. The van der Waals surface area contributed by atoms with E-state index in [0.29, 0.717) is 12.6 Å². The number of ether oxygens (including phenoxy) is 1. The summed E-state index contributed by atoms with van der Waals surface area (Å²) in [4.78, 5) is 0.145. The maximum Gasteiger partial charge on any atom is 0.238 e. The SMILES string of the molecule is COCC(C)NCCc1ccc(S(N)(=O)=O)cc1. The number of nitrogens with two attached hydrogens (primary N) is 1. The Hall–Kier alpha value is -0.950. The number of rotatable bonds is 7. The highest BCUT2D eigenvalue weighted by Gasteiger charge is 2.06. The van der Waals surface area contributed by atoms with Crippen molar-refractivity contribution in [1.82, 2.24) is 5.32 Å². The van der Waals surface area contributed by atoms with Crippen LogP contribution in [-0.2, 0) is 21.2 Å². The zero-order chi connectivity index (χ0) is 13.6. The minimum atomic E-state index is -3.59. The van der Waals surface area contributed by atoms with Gasteiger partial charge in [-0.3, -0.25) is 0 Å². The van der Waals surface area contributed by atoms with Crippen LogP contribution in [0.4, 0.5) is 0 Å². The summed E-state index contributed by atoms with van der Waals surface area (Å²) in [6.07, 6.45) is 0.832. The van der Waals surface area contributed by atoms with Gasteiger partial charge in [-0.25, -0.2) is 13.6 Å². The highest BCUT2D eigenvalue weighted by Crippen LogP contribution is 2.08. The molecule has 18 heavy (non-hydrogen) atoms. The van der Waals surface area contributed by atoms with Crippen LogP contribution in [-0.4, -0.2) is 34.7 Å². The fourth-order valence-electron chi connectivity index (χ4n) is 1.62. The molecular weight excluding hydrogens is 252 g/mol. The Morgan fingerprint density at radius 3 is 2.44 bits per heavy atom. The summed E-state index contributed by atoms with van der Waals surface area (Å²) in [6.45, 7) is 3.54. The molecule has 0 heterocycles.